The first-order valence-corrected chi connectivity index (χ1v) is 5.65. The van der Waals surface area contributed by atoms with Crippen LogP contribution >= 0.6 is 0 Å². The van der Waals surface area contributed by atoms with Crippen LogP contribution in [0.15, 0.2) is 0 Å². The second kappa shape index (κ2) is 3.58. The molecule has 1 saturated heterocycles. The van der Waals surface area contributed by atoms with E-state index in [1.807, 2.05) is 0 Å². The van der Waals surface area contributed by atoms with Gasteiger partial charge in [-0.25, -0.2) is 0 Å². The van der Waals surface area contributed by atoms with Crippen molar-refractivity contribution in [3.05, 3.63) is 0 Å². The Kier molecular flexibility index (Phi) is 2.61. The van der Waals surface area contributed by atoms with Gasteiger partial charge in [0.25, 0.3) is 0 Å². The SMILES string of the molecule is CC1CCC(NCC2(C)CC2)CN1. The first-order valence-electron chi connectivity index (χ1n) is 5.65. The lowest BCUT2D eigenvalue weighted by molar-refractivity contribution is 0.321. The summed E-state index contributed by atoms with van der Waals surface area (Å²) in [7, 11) is 0. The summed E-state index contributed by atoms with van der Waals surface area (Å²) >= 11 is 0. The van der Waals surface area contributed by atoms with E-state index in [2.05, 4.69) is 24.5 Å². The van der Waals surface area contributed by atoms with E-state index in [0.717, 1.165) is 18.6 Å². The van der Waals surface area contributed by atoms with Crippen LogP contribution in [0.25, 0.3) is 0 Å². The van der Waals surface area contributed by atoms with Crippen LogP contribution in [0.4, 0.5) is 0 Å². The maximum absolute atomic E-state index is 3.68. The Balaban J connectivity index is 1.65. The first kappa shape index (κ1) is 9.47. The van der Waals surface area contributed by atoms with E-state index in [1.165, 1.54) is 32.2 Å². The first-order chi connectivity index (χ1) is 6.18. The molecule has 2 fully saturated rings. The Morgan fingerprint density at radius 1 is 1.38 bits per heavy atom. The molecule has 2 N–H and O–H groups in total. The van der Waals surface area contributed by atoms with Gasteiger partial charge < -0.3 is 10.6 Å². The minimum atomic E-state index is 0.656. The van der Waals surface area contributed by atoms with Crippen molar-refractivity contribution in [2.24, 2.45) is 5.41 Å². The van der Waals surface area contributed by atoms with Gasteiger partial charge in [-0.3, -0.25) is 0 Å². The average molecular weight is 182 g/mol. The third-order valence-electron chi connectivity index (χ3n) is 3.58. The molecular weight excluding hydrogens is 160 g/mol. The molecule has 1 aliphatic heterocycles. The fraction of sp³-hybridized carbons (Fsp3) is 1.00. The van der Waals surface area contributed by atoms with E-state index >= 15 is 0 Å². The highest BCUT2D eigenvalue weighted by Gasteiger charge is 2.37. The molecule has 1 heterocycles. The molecule has 13 heavy (non-hydrogen) atoms. The van der Waals surface area contributed by atoms with E-state index in [9.17, 15) is 0 Å². The van der Waals surface area contributed by atoms with Gasteiger partial charge in [0.15, 0.2) is 0 Å². The number of rotatable bonds is 3. The fourth-order valence-corrected chi connectivity index (χ4v) is 1.95. The van der Waals surface area contributed by atoms with Crippen molar-refractivity contribution < 1.29 is 0 Å². The van der Waals surface area contributed by atoms with E-state index in [-0.39, 0.29) is 0 Å². The molecule has 0 bridgehead atoms. The van der Waals surface area contributed by atoms with Crippen LogP contribution < -0.4 is 10.6 Å². The molecule has 2 atom stereocenters. The van der Waals surface area contributed by atoms with Gasteiger partial charge in [-0.05, 0) is 38.0 Å². The van der Waals surface area contributed by atoms with E-state index in [4.69, 9.17) is 0 Å². The van der Waals surface area contributed by atoms with Crippen molar-refractivity contribution in [1.82, 2.24) is 10.6 Å². The normalized spacial score (nSPS) is 37.4. The molecule has 1 saturated carbocycles. The van der Waals surface area contributed by atoms with Crippen molar-refractivity contribution in [1.29, 1.82) is 0 Å². The number of nitrogens with one attached hydrogen (secondary N) is 2. The molecule has 0 amide bonds. The Labute approximate surface area is 81.5 Å². The Hall–Kier alpha value is -0.0800. The summed E-state index contributed by atoms with van der Waals surface area (Å²) in [6.45, 7) is 7.06. The number of hydrogen-bond donors (Lipinski definition) is 2. The van der Waals surface area contributed by atoms with Crippen LogP contribution in [0.3, 0.4) is 0 Å². The molecule has 2 unspecified atom stereocenters. The fourth-order valence-electron chi connectivity index (χ4n) is 1.95. The second-order valence-corrected chi connectivity index (χ2v) is 5.28. The molecular formula is C11H22N2. The minimum Gasteiger partial charge on any atom is -0.313 e. The van der Waals surface area contributed by atoms with Gasteiger partial charge in [0.1, 0.15) is 0 Å². The Morgan fingerprint density at radius 3 is 2.69 bits per heavy atom. The summed E-state index contributed by atoms with van der Waals surface area (Å²) in [4.78, 5) is 0. The molecule has 2 aliphatic rings. The summed E-state index contributed by atoms with van der Waals surface area (Å²) < 4.78 is 0. The third kappa shape index (κ3) is 2.68. The standard InChI is InChI=1S/C11H22N2/c1-9-3-4-10(7-12-9)13-8-11(2)5-6-11/h9-10,12-13H,3-8H2,1-2H3. The van der Waals surface area contributed by atoms with Crippen LogP contribution in [0.5, 0.6) is 0 Å². The predicted octanol–water partition coefficient (Wildman–Crippen LogP) is 1.52. The highest BCUT2D eigenvalue weighted by molar-refractivity contribution is 4.92. The summed E-state index contributed by atoms with van der Waals surface area (Å²) in [6.07, 6.45) is 5.53. The van der Waals surface area contributed by atoms with Crippen LogP contribution in [0.2, 0.25) is 0 Å². The van der Waals surface area contributed by atoms with Crippen LogP contribution in [0.1, 0.15) is 39.5 Å². The molecule has 2 rings (SSSR count). The summed E-state index contributed by atoms with van der Waals surface area (Å²) in [6, 6.07) is 1.46. The van der Waals surface area contributed by atoms with Crippen LogP contribution in [0, 0.1) is 5.41 Å². The Morgan fingerprint density at radius 2 is 2.15 bits per heavy atom. The topological polar surface area (TPSA) is 24.1 Å². The highest BCUT2D eigenvalue weighted by atomic mass is 15.0. The Bertz CT molecular complexity index is 167. The van der Waals surface area contributed by atoms with Crippen LogP contribution in [-0.4, -0.2) is 25.2 Å². The zero-order chi connectivity index (χ0) is 9.31. The van der Waals surface area contributed by atoms with Crippen LogP contribution in [-0.2, 0) is 0 Å². The van der Waals surface area contributed by atoms with E-state index in [1.54, 1.807) is 0 Å². The number of hydrogen-bond acceptors (Lipinski definition) is 2. The molecule has 0 aromatic rings. The largest absolute Gasteiger partial charge is 0.313 e. The molecule has 0 spiro atoms. The summed E-state index contributed by atoms with van der Waals surface area (Å²) in [5.74, 6) is 0. The summed E-state index contributed by atoms with van der Waals surface area (Å²) in [5.41, 5.74) is 0.656. The van der Waals surface area contributed by atoms with Crippen molar-refractivity contribution in [2.45, 2.75) is 51.6 Å². The zero-order valence-electron chi connectivity index (χ0n) is 8.90. The van der Waals surface area contributed by atoms with Crippen molar-refractivity contribution in [3.63, 3.8) is 0 Å². The highest BCUT2D eigenvalue weighted by Crippen LogP contribution is 2.44. The summed E-state index contributed by atoms with van der Waals surface area (Å²) in [5, 5.41) is 7.21. The van der Waals surface area contributed by atoms with Gasteiger partial charge in [0.05, 0.1) is 0 Å². The molecule has 1 aliphatic carbocycles. The number of piperidine rings is 1. The average Bonchev–Trinajstić information content (AvgIpc) is 2.84. The van der Waals surface area contributed by atoms with Gasteiger partial charge in [-0.2, -0.15) is 0 Å². The van der Waals surface area contributed by atoms with Gasteiger partial charge in [0, 0.05) is 25.2 Å². The maximum Gasteiger partial charge on any atom is 0.0193 e. The maximum atomic E-state index is 3.68. The minimum absolute atomic E-state index is 0.656. The van der Waals surface area contributed by atoms with Crippen molar-refractivity contribution >= 4 is 0 Å². The zero-order valence-corrected chi connectivity index (χ0v) is 8.90. The lowest BCUT2D eigenvalue weighted by Crippen LogP contribution is -2.47. The van der Waals surface area contributed by atoms with Gasteiger partial charge in [0.2, 0.25) is 0 Å². The van der Waals surface area contributed by atoms with Crippen molar-refractivity contribution in [2.75, 3.05) is 13.1 Å². The van der Waals surface area contributed by atoms with Crippen molar-refractivity contribution in [3.8, 4) is 0 Å². The van der Waals surface area contributed by atoms with Gasteiger partial charge in [-0.15, -0.1) is 0 Å². The molecule has 76 valence electrons. The lowest BCUT2D eigenvalue weighted by Gasteiger charge is -2.29. The lowest BCUT2D eigenvalue weighted by atomic mass is 10.0. The van der Waals surface area contributed by atoms with E-state index in [0.29, 0.717) is 5.41 Å². The predicted molar refractivity (Wildman–Crippen MR) is 55.8 cm³/mol. The second-order valence-electron chi connectivity index (χ2n) is 5.28. The van der Waals surface area contributed by atoms with Gasteiger partial charge in [-0.1, -0.05) is 6.92 Å². The molecule has 0 aromatic heterocycles. The quantitative estimate of drug-likeness (QED) is 0.691. The molecule has 2 nitrogen and oxygen atoms in total. The monoisotopic (exact) mass is 182 g/mol. The third-order valence-corrected chi connectivity index (χ3v) is 3.58. The smallest absolute Gasteiger partial charge is 0.0193 e. The van der Waals surface area contributed by atoms with E-state index < -0.39 is 0 Å². The molecule has 2 heteroatoms. The molecule has 0 radical (unpaired) electrons. The van der Waals surface area contributed by atoms with Gasteiger partial charge >= 0.3 is 0 Å². The molecule has 0 aromatic carbocycles.